The summed E-state index contributed by atoms with van der Waals surface area (Å²) in [6, 6.07) is 0. The molecule has 1 N–H and O–H groups in total. The van der Waals surface area contributed by atoms with Crippen LogP contribution in [0.5, 0.6) is 0 Å². The van der Waals surface area contributed by atoms with Crippen molar-refractivity contribution in [3.63, 3.8) is 0 Å². The minimum Gasteiger partial charge on any atom is -0.455 e. The summed E-state index contributed by atoms with van der Waals surface area (Å²) < 4.78 is 5.23. The molecule has 13 heavy (non-hydrogen) atoms. The highest BCUT2D eigenvalue weighted by Crippen LogP contribution is 2.29. The van der Waals surface area contributed by atoms with Gasteiger partial charge in [0.05, 0.1) is 0 Å². The van der Waals surface area contributed by atoms with E-state index in [9.17, 15) is 4.79 Å². The molecule has 0 aliphatic rings. The summed E-state index contributed by atoms with van der Waals surface area (Å²) >= 11 is 0. The van der Waals surface area contributed by atoms with Crippen LogP contribution in [0.4, 0.5) is 0 Å². The molecule has 0 aliphatic carbocycles. The summed E-state index contributed by atoms with van der Waals surface area (Å²) in [6.45, 7) is 9.95. The molecule has 0 aromatic heterocycles. The van der Waals surface area contributed by atoms with E-state index in [0.29, 0.717) is 6.21 Å². The van der Waals surface area contributed by atoms with Gasteiger partial charge in [-0.2, -0.15) is 0 Å². The first-order valence-corrected chi connectivity index (χ1v) is 4.58. The van der Waals surface area contributed by atoms with E-state index in [2.05, 4.69) is 0 Å². The van der Waals surface area contributed by atoms with Gasteiger partial charge in [0.1, 0.15) is 11.8 Å². The molecule has 0 aromatic carbocycles. The number of carbonyl (C=O) groups is 1. The number of hydrogen-bond acceptors (Lipinski definition) is 3. The van der Waals surface area contributed by atoms with Crippen molar-refractivity contribution in [1.82, 2.24) is 0 Å². The Labute approximate surface area is 80.0 Å². The Balaban J connectivity index is 4.60. The minimum absolute atomic E-state index is 0.247. The molecule has 0 aromatic rings. The maximum absolute atomic E-state index is 11.0. The highest BCUT2D eigenvalue weighted by Gasteiger charge is 2.35. The fourth-order valence-corrected chi connectivity index (χ4v) is 1.15. The van der Waals surface area contributed by atoms with Gasteiger partial charge in [0, 0.05) is 0 Å². The Morgan fingerprint density at radius 2 is 1.69 bits per heavy atom. The molecule has 0 saturated carbocycles. The molecule has 0 bridgehead atoms. The van der Waals surface area contributed by atoms with Crippen LogP contribution >= 0.6 is 0 Å². The maximum Gasteiger partial charge on any atom is 0.349 e. The van der Waals surface area contributed by atoms with Gasteiger partial charge in [-0.25, -0.2) is 4.79 Å². The quantitative estimate of drug-likeness (QED) is 0.539. The van der Waals surface area contributed by atoms with Crippen molar-refractivity contribution in [3.05, 3.63) is 0 Å². The molecule has 76 valence electrons. The number of esters is 1. The van der Waals surface area contributed by atoms with Crippen molar-refractivity contribution in [2.24, 2.45) is 11.8 Å². The number of hydrogen-bond donors (Lipinski definition) is 1. The van der Waals surface area contributed by atoms with Gasteiger partial charge in [-0.05, 0) is 18.8 Å². The van der Waals surface area contributed by atoms with Gasteiger partial charge >= 0.3 is 5.97 Å². The smallest absolute Gasteiger partial charge is 0.349 e. The highest BCUT2D eigenvalue weighted by molar-refractivity contribution is 6.21. The summed E-state index contributed by atoms with van der Waals surface area (Å²) in [4.78, 5) is 11.0. The van der Waals surface area contributed by atoms with Crippen LogP contribution in [0.2, 0.25) is 0 Å². The lowest BCUT2D eigenvalue weighted by Crippen LogP contribution is -2.42. The van der Waals surface area contributed by atoms with Gasteiger partial charge in [-0.3, -0.25) is 0 Å². The molecule has 0 amide bonds. The van der Waals surface area contributed by atoms with E-state index >= 15 is 0 Å². The Bertz CT molecular complexity index is 189. The van der Waals surface area contributed by atoms with Crippen LogP contribution in [0.25, 0.3) is 0 Å². The van der Waals surface area contributed by atoms with Crippen LogP contribution in [0.15, 0.2) is 0 Å². The highest BCUT2D eigenvalue weighted by atomic mass is 16.6. The normalized spacial score (nSPS) is 11.9. The first kappa shape index (κ1) is 12.1. The van der Waals surface area contributed by atoms with Gasteiger partial charge in [0.25, 0.3) is 0 Å². The second-order valence-corrected chi connectivity index (χ2v) is 4.06. The number of carbonyl (C=O) groups excluding carboxylic acids is 1. The van der Waals surface area contributed by atoms with Crippen LogP contribution < -0.4 is 0 Å². The van der Waals surface area contributed by atoms with Gasteiger partial charge in [-0.15, -0.1) is 0 Å². The first-order chi connectivity index (χ1) is 5.84. The van der Waals surface area contributed by atoms with E-state index in [0.717, 1.165) is 0 Å². The van der Waals surface area contributed by atoms with Crippen LogP contribution in [0.1, 0.15) is 34.6 Å². The maximum atomic E-state index is 11.0. The van der Waals surface area contributed by atoms with Crippen molar-refractivity contribution < 1.29 is 9.53 Å². The molecular formula is C10H19NO2. The predicted octanol–water partition coefficient (Wildman–Crippen LogP) is 2.25. The van der Waals surface area contributed by atoms with Gasteiger partial charge in [0.15, 0.2) is 0 Å². The third-order valence-electron chi connectivity index (χ3n) is 2.73. The summed E-state index contributed by atoms with van der Waals surface area (Å²) in [6.07, 6.45) is 0.711. The molecule has 3 nitrogen and oxygen atoms in total. The summed E-state index contributed by atoms with van der Waals surface area (Å²) in [5, 5.41) is 6.77. The zero-order valence-electron chi connectivity index (χ0n) is 9.05. The Hall–Kier alpha value is -0.860. The fraction of sp³-hybridized carbons (Fsp3) is 0.800. The molecular weight excluding hydrogens is 166 g/mol. The molecule has 0 radical (unpaired) electrons. The lowest BCUT2D eigenvalue weighted by Gasteiger charge is -2.36. The van der Waals surface area contributed by atoms with Crippen molar-refractivity contribution in [2.75, 3.05) is 0 Å². The molecule has 3 heteroatoms. The molecule has 0 rings (SSSR count). The minimum atomic E-state index is -0.565. The Kier molecular flexibility index (Phi) is 4.11. The number of rotatable bonds is 4. The fourth-order valence-electron chi connectivity index (χ4n) is 1.15. The van der Waals surface area contributed by atoms with Crippen molar-refractivity contribution in [2.45, 2.75) is 40.2 Å². The molecule has 0 saturated heterocycles. The van der Waals surface area contributed by atoms with E-state index in [1.54, 1.807) is 0 Å². The lowest BCUT2D eigenvalue weighted by atomic mass is 9.82. The largest absolute Gasteiger partial charge is 0.455 e. The zero-order chi connectivity index (χ0) is 10.6. The molecule has 0 aliphatic heterocycles. The van der Waals surface area contributed by atoms with Gasteiger partial charge in [0.2, 0.25) is 0 Å². The predicted molar refractivity (Wildman–Crippen MR) is 53.0 cm³/mol. The molecule has 0 fully saturated rings. The average Bonchev–Trinajstić information content (AvgIpc) is 2.03. The third-order valence-corrected chi connectivity index (χ3v) is 2.73. The van der Waals surface area contributed by atoms with Crippen molar-refractivity contribution in [3.8, 4) is 0 Å². The molecule has 0 unspecified atom stereocenters. The second kappa shape index (κ2) is 4.40. The van der Waals surface area contributed by atoms with Gasteiger partial charge in [-0.1, -0.05) is 27.7 Å². The monoisotopic (exact) mass is 185 g/mol. The standard InChI is InChI=1S/C10H19NO2/c1-7(2)10(5,8(3)4)13-9(12)6-11/h6-8,11H,1-5H3. The van der Waals surface area contributed by atoms with E-state index in [-0.39, 0.29) is 11.8 Å². The summed E-state index contributed by atoms with van der Waals surface area (Å²) in [7, 11) is 0. The number of ether oxygens (including phenoxy) is 1. The van der Waals surface area contributed by atoms with E-state index in [1.807, 2.05) is 34.6 Å². The molecule has 0 spiro atoms. The second-order valence-electron chi connectivity index (χ2n) is 4.06. The van der Waals surface area contributed by atoms with Crippen LogP contribution in [0.3, 0.4) is 0 Å². The SMILES string of the molecule is CC(C)C(C)(OC(=O)C=N)C(C)C. The first-order valence-electron chi connectivity index (χ1n) is 4.58. The summed E-state index contributed by atoms with van der Waals surface area (Å²) in [5.74, 6) is -0.0716. The van der Waals surface area contributed by atoms with Gasteiger partial charge < -0.3 is 10.1 Å². The average molecular weight is 185 g/mol. The van der Waals surface area contributed by atoms with E-state index in [1.165, 1.54) is 0 Å². The van der Waals surface area contributed by atoms with Crippen molar-refractivity contribution >= 4 is 12.2 Å². The third kappa shape index (κ3) is 2.83. The van der Waals surface area contributed by atoms with Crippen LogP contribution in [-0.2, 0) is 9.53 Å². The van der Waals surface area contributed by atoms with Crippen molar-refractivity contribution in [1.29, 1.82) is 5.41 Å². The summed E-state index contributed by atoms with van der Waals surface area (Å²) in [5.41, 5.74) is -0.478. The Morgan fingerprint density at radius 1 is 1.31 bits per heavy atom. The van der Waals surface area contributed by atoms with E-state index < -0.39 is 11.6 Å². The lowest BCUT2D eigenvalue weighted by molar-refractivity contribution is -0.159. The topological polar surface area (TPSA) is 50.2 Å². The number of nitrogens with one attached hydrogen (secondary N) is 1. The molecule has 0 atom stereocenters. The van der Waals surface area contributed by atoms with Crippen LogP contribution in [-0.4, -0.2) is 17.8 Å². The van der Waals surface area contributed by atoms with E-state index in [4.69, 9.17) is 10.1 Å². The Morgan fingerprint density at radius 3 is 1.92 bits per heavy atom. The van der Waals surface area contributed by atoms with Crippen LogP contribution in [0, 0.1) is 17.2 Å². The molecule has 0 heterocycles. The zero-order valence-corrected chi connectivity index (χ0v) is 9.05.